The minimum atomic E-state index is -1.51. The predicted molar refractivity (Wildman–Crippen MR) is 63.1 cm³/mol. The molecule has 0 bridgehead atoms. The van der Waals surface area contributed by atoms with Crippen LogP contribution in [-0.2, 0) is 60.6 Å². The van der Waals surface area contributed by atoms with Crippen LogP contribution in [-0.4, -0.2) is 34.1 Å². The fourth-order valence-electron chi connectivity index (χ4n) is 0.279. The summed E-state index contributed by atoms with van der Waals surface area (Å²) < 4.78 is 0. The molecular formula is C8H18O12Zn+4. The Morgan fingerprint density at radius 2 is 0.810 bits per heavy atom. The van der Waals surface area contributed by atoms with Gasteiger partial charge in [0.2, 0.25) is 0 Å². The number of hydrogen-bond acceptors (Lipinski definition) is 6. The SMILES string of the molecule is O=C([O-])/C=C\C(=O)O.O=C([O-])/C=C\C(=O)O.[OH3+].[OH3+].[OH3+].[OH3+].[Zn+2]. The minimum Gasteiger partial charge on any atom is -0.545 e. The Bertz CT molecular complexity index is 281. The summed E-state index contributed by atoms with van der Waals surface area (Å²) in [5.41, 5.74) is 0. The molecule has 0 saturated carbocycles. The van der Waals surface area contributed by atoms with Crippen LogP contribution < -0.4 is 10.2 Å². The van der Waals surface area contributed by atoms with Gasteiger partial charge < -0.3 is 51.9 Å². The average molecular weight is 372 g/mol. The molecule has 0 aromatic heterocycles. The summed E-state index contributed by atoms with van der Waals surface area (Å²) in [6, 6.07) is 0. The molecule has 0 aliphatic heterocycles. The summed E-state index contributed by atoms with van der Waals surface area (Å²) in [7, 11) is 0. The van der Waals surface area contributed by atoms with Gasteiger partial charge in [0, 0.05) is 12.2 Å². The van der Waals surface area contributed by atoms with Gasteiger partial charge in [0.1, 0.15) is 0 Å². The fraction of sp³-hybridized carbons (Fsp3) is 0. The number of rotatable bonds is 4. The third-order valence-corrected chi connectivity index (χ3v) is 0.724. The number of carbonyl (C=O) groups is 4. The first-order valence-corrected chi connectivity index (χ1v) is 3.49. The van der Waals surface area contributed by atoms with Crippen LogP contribution in [0.15, 0.2) is 24.3 Å². The Kier molecular flexibility index (Phi) is 53.8. The van der Waals surface area contributed by atoms with Crippen LogP contribution in [0.5, 0.6) is 0 Å². The second kappa shape index (κ2) is 26.4. The van der Waals surface area contributed by atoms with Gasteiger partial charge in [-0.2, -0.15) is 0 Å². The standard InChI is InChI=1S/2C4H4O4.4H2O.Zn/c2*5-3(6)1-2-4(7)8;;;;;/h2*1-2H,(H,5,6)(H,7,8);4*1H2;/q;;;;;;+2/p+2/b2*2-1-;;;;;. The van der Waals surface area contributed by atoms with Crippen LogP contribution in [0.2, 0.25) is 0 Å². The predicted octanol–water partition coefficient (Wildman–Crippen LogP) is -6.94. The van der Waals surface area contributed by atoms with Gasteiger partial charge >= 0.3 is 31.4 Å². The maximum atomic E-state index is 9.53. The number of carbonyl (C=O) groups excluding carboxylic acids is 2. The molecule has 13 heteroatoms. The summed E-state index contributed by atoms with van der Waals surface area (Å²) >= 11 is 0. The largest absolute Gasteiger partial charge is 2.00 e. The van der Waals surface area contributed by atoms with Crippen LogP contribution in [0.25, 0.3) is 0 Å². The van der Waals surface area contributed by atoms with Gasteiger partial charge in [-0.3, -0.25) is 0 Å². The normalized spacial score (nSPS) is 7.24. The molecule has 0 aliphatic carbocycles. The second-order valence-electron chi connectivity index (χ2n) is 1.98. The third-order valence-electron chi connectivity index (χ3n) is 0.724. The average Bonchev–Trinajstić information content (AvgIpc) is 2.12. The van der Waals surface area contributed by atoms with E-state index in [0.717, 1.165) is 0 Å². The van der Waals surface area contributed by atoms with E-state index in [0.29, 0.717) is 24.3 Å². The Labute approximate surface area is 130 Å². The van der Waals surface area contributed by atoms with E-state index in [4.69, 9.17) is 10.2 Å². The molecule has 14 N–H and O–H groups in total. The quantitative estimate of drug-likeness (QED) is 0.271. The van der Waals surface area contributed by atoms with Crippen molar-refractivity contribution >= 4 is 23.9 Å². The van der Waals surface area contributed by atoms with Crippen molar-refractivity contribution in [1.29, 1.82) is 0 Å². The molecule has 0 heterocycles. The first-order valence-electron chi connectivity index (χ1n) is 3.49. The van der Waals surface area contributed by atoms with E-state index in [1.54, 1.807) is 0 Å². The van der Waals surface area contributed by atoms with E-state index >= 15 is 0 Å². The fourth-order valence-corrected chi connectivity index (χ4v) is 0.279. The first kappa shape index (κ1) is 42.8. The second-order valence-corrected chi connectivity index (χ2v) is 1.98. The van der Waals surface area contributed by atoms with Gasteiger partial charge in [0.25, 0.3) is 0 Å². The monoisotopic (exact) mass is 370 g/mol. The van der Waals surface area contributed by atoms with Crippen molar-refractivity contribution in [2.75, 3.05) is 0 Å². The molecule has 0 aliphatic rings. The third kappa shape index (κ3) is 72.9. The van der Waals surface area contributed by atoms with Crippen LogP contribution in [0.1, 0.15) is 0 Å². The van der Waals surface area contributed by atoms with Crippen molar-refractivity contribution < 1.29 is 81.0 Å². The van der Waals surface area contributed by atoms with Gasteiger partial charge in [-0.05, 0) is 12.2 Å². The molecule has 0 amide bonds. The molecule has 0 fully saturated rings. The van der Waals surface area contributed by atoms with E-state index in [-0.39, 0.29) is 41.4 Å². The zero-order valence-corrected chi connectivity index (χ0v) is 13.6. The number of carboxylic acids is 4. The Balaban J connectivity index is -0.0000000302. The molecular weight excluding hydrogens is 353 g/mol. The van der Waals surface area contributed by atoms with Crippen LogP contribution >= 0.6 is 0 Å². The number of carboxylic acid groups (broad SMARTS) is 4. The van der Waals surface area contributed by atoms with Crippen LogP contribution in [0.3, 0.4) is 0 Å². The summed E-state index contributed by atoms with van der Waals surface area (Å²) in [6.45, 7) is 0. The van der Waals surface area contributed by atoms with Crippen molar-refractivity contribution in [3.8, 4) is 0 Å². The van der Waals surface area contributed by atoms with Gasteiger partial charge in [-0.1, -0.05) is 0 Å². The summed E-state index contributed by atoms with van der Waals surface area (Å²) in [4.78, 5) is 37.9. The van der Waals surface area contributed by atoms with Gasteiger partial charge in [0.05, 0.1) is 11.9 Å². The maximum Gasteiger partial charge on any atom is 2.00 e. The molecule has 0 unspecified atom stereocenters. The minimum absolute atomic E-state index is 0. The van der Waals surface area contributed by atoms with Crippen molar-refractivity contribution in [2.24, 2.45) is 0 Å². The molecule has 12 nitrogen and oxygen atoms in total. The molecule has 21 heavy (non-hydrogen) atoms. The van der Waals surface area contributed by atoms with Gasteiger partial charge in [-0.15, -0.1) is 0 Å². The van der Waals surface area contributed by atoms with Crippen molar-refractivity contribution in [3.05, 3.63) is 24.3 Å². The molecule has 0 rings (SSSR count). The van der Waals surface area contributed by atoms with Gasteiger partial charge in [-0.25, -0.2) is 9.59 Å². The zero-order valence-electron chi connectivity index (χ0n) is 10.7. The van der Waals surface area contributed by atoms with E-state index in [9.17, 15) is 29.4 Å². The zero-order chi connectivity index (χ0) is 13.1. The summed E-state index contributed by atoms with van der Waals surface area (Å²) in [6.07, 6.45) is 1.88. The summed E-state index contributed by atoms with van der Waals surface area (Å²) in [5.74, 6) is -5.61. The molecule has 0 aromatic carbocycles. The molecule has 120 valence electrons. The van der Waals surface area contributed by atoms with Crippen LogP contribution in [0.4, 0.5) is 0 Å². The maximum absolute atomic E-state index is 9.53. The van der Waals surface area contributed by atoms with E-state index in [1.165, 1.54) is 0 Å². The van der Waals surface area contributed by atoms with Crippen molar-refractivity contribution in [3.63, 3.8) is 0 Å². The molecule has 0 atom stereocenters. The van der Waals surface area contributed by atoms with E-state index in [1.807, 2.05) is 0 Å². The Morgan fingerprint density at radius 3 is 0.857 bits per heavy atom. The van der Waals surface area contributed by atoms with Gasteiger partial charge in [0.15, 0.2) is 0 Å². The van der Waals surface area contributed by atoms with Crippen LogP contribution in [0, 0.1) is 0 Å². The number of aliphatic carboxylic acids is 4. The Hall–Kier alpha value is -2.18. The Morgan fingerprint density at radius 1 is 0.619 bits per heavy atom. The number of hydrogen-bond donors (Lipinski definition) is 2. The van der Waals surface area contributed by atoms with Crippen molar-refractivity contribution in [1.82, 2.24) is 0 Å². The first-order chi connectivity index (χ1) is 7.25. The van der Waals surface area contributed by atoms with E-state index < -0.39 is 23.9 Å². The molecule has 0 aromatic rings. The van der Waals surface area contributed by atoms with Crippen molar-refractivity contribution in [2.45, 2.75) is 0 Å². The molecule has 0 spiro atoms. The van der Waals surface area contributed by atoms with E-state index in [2.05, 4.69) is 0 Å². The molecule has 0 radical (unpaired) electrons. The topological polar surface area (TPSA) is 287 Å². The molecule has 0 saturated heterocycles. The summed E-state index contributed by atoms with van der Waals surface area (Å²) in [5, 5.41) is 34.5. The smallest absolute Gasteiger partial charge is 0.545 e.